The Labute approximate surface area is 156 Å². The summed E-state index contributed by atoms with van der Waals surface area (Å²) in [5.41, 5.74) is 6.16. The second kappa shape index (κ2) is 9.10. The van der Waals surface area contributed by atoms with Crippen LogP contribution in [-0.2, 0) is 0 Å². The van der Waals surface area contributed by atoms with Crippen LogP contribution in [0.2, 0.25) is 0 Å². The SMILES string of the molecule is CCC(C)c1cccc(O)c1O.Cc1ccccc1-c1ccccc1C. The van der Waals surface area contributed by atoms with E-state index in [9.17, 15) is 10.2 Å². The van der Waals surface area contributed by atoms with Crippen LogP contribution in [0.4, 0.5) is 0 Å². The van der Waals surface area contributed by atoms with Crippen LogP contribution in [0.5, 0.6) is 11.5 Å². The van der Waals surface area contributed by atoms with Crippen molar-refractivity contribution < 1.29 is 10.2 Å². The lowest BCUT2D eigenvalue weighted by Gasteiger charge is -2.11. The third kappa shape index (κ3) is 4.66. The number of rotatable bonds is 3. The number of hydrogen-bond acceptors (Lipinski definition) is 2. The topological polar surface area (TPSA) is 40.5 Å². The van der Waals surface area contributed by atoms with Gasteiger partial charge in [-0.15, -0.1) is 0 Å². The maximum absolute atomic E-state index is 9.45. The maximum atomic E-state index is 9.45. The summed E-state index contributed by atoms with van der Waals surface area (Å²) in [6, 6.07) is 22.1. The highest BCUT2D eigenvalue weighted by molar-refractivity contribution is 5.70. The Kier molecular flexibility index (Phi) is 6.85. The van der Waals surface area contributed by atoms with Crippen molar-refractivity contribution in [1.29, 1.82) is 0 Å². The fraction of sp³-hybridized carbons (Fsp3) is 0.250. The molecule has 0 bridgehead atoms. The van der Waals surface area contributed by atoms with Crippen molar-refractivity contribution in [3.63, 3.8) is 0 Å². The highest BCUT2D eigenvalue weighted by Gasteiger charge is 2.10. The van der Waals surface area contributed by atoms with Crippen molar-refractivity contribution in [3.8, 4) is 22.6 Å². The van der Waals surface area contributed by atoms with E-state index in [0.717, 1.165) is 12.0 Å². The van der Waals surface area contributed by atoms with E-state index in [2.05, 4.69) is 62.4 Å². The Morgan fingerprint density at radius 2 is 1.23 bits per heavy atom. The van der Waals surface area contributed by atoms with Gasteiger partial charge in [0.1, 0.15) is 0 Å². The lowest BCUT2D eigenvalue weighted by atomic mass is 9.97. The highest BCUT2D eigenvalue weighted by Crippen LogP contribution is 2.34. The molecule has 0 spiro atoms. The molecule has 1 unspecified atom stereocenters. The van der Waals surface area contributed by atoms with Gasteiger partial charge in [-0.1, -0.05) is 74.5 Å². The lowest BCUT2D eigenvalue weighted by Crippen LogP contribution is -1.91. The van der Waals surface area contributed by atoms with Crippen molar-refractivity contribution in [3.05, 3.63) is 83.4 Å². The molecule has 26 heavy (non-hydrogen) atoms. The largest absolute Gasteiger partial charge is 0.504 e. The molecule has 3 aromatic carbocycles. The fourth-order valence-electron chi connectivity index (χ4n) is 2.92. The van der Waals surface area contributed by atoms with Gasteiger partial charge in [0.2, 0.25) is 0 Å². The molecule has 0 aromatic heterocycles. The monoisotopic (exact) mass is 348 g/mol. The summed E-state index contributed by atoms with van der Waals surface area (Å²) >= 11 is 0. The highest BCUT2D eigenvalue weighted by atomic mass is 16.3. The summed E-state index contributed by atoms with van der Waals surface area (Å²) < 4.78 is 0. The lowest BCUT2D eigenvalue weighted by molar-refractivity contribution is 0.396. The van der Waals surface area contributed by atoms with E-state index >= 15 is 0 Å². The summed E-state index contributed by atoms with van der Waals surface area (Å²) in [6.45, 7) is 8.38. The minimum Gasteiger partial charge on any atom is -0.504 e. The number of phenols is 2. The molecule has 2 nitrogen and oxygen atoms in total. The van der Waals surface area contributed by atoms with E-state index < -0.39 is 0 Å². The molecule has 3 rings (SSSR count). The second-order valence-corrected chi connectivity index (χ2v) is 6.65. The summed E-state index contributed by atoms with van der Waals surface area (Å²) in [5, 5.41) is 18.6. The smallest absolute Gasteiger partial charge is 0.160 e. The molecule has 0 heterocycles. The number of benzene rings is 3. The molecule has 0 amide bonds. The molecular formula is C24H28O2. The van der Waals surface area contributed by atoms with Crippen LogP contribution >= 0.6 is 0 Å². The Morgan fingerprint density at radius 3 is 1.69 bits per heavy atom. The van der Waals surface area contributed by atoms with Gasteiger partial charge < -0.3 is 10.2 Å². The first-order valence-corrected chi connectivity index (χ1v) is 9.08. The van der Waals surface area contributed by atoms with Crippen molar-refractivity contribution in [2.75, 3.05) is 0 Å². The van der Waals surface area contributed by atoms with Gasteiger partial charge in [0, 0.05) is 5.56 Å². The van der Waals surface area contributed by atoms with Gasteiger partial charge >= 0.3 is 0 Å². The van der Waals surface area contributed by atoms with Crippen molar-refractivity contribution in [2.45, 2.75) is 40.0 Å². The first-order chi connectivity index (χ1) is 12.5. The first kappa shape index (κ1) is 19.6. The third-order valence-corrected chi connectivity index (χ3v) is 4.77. The zero-order chi connectivity index (χ0) is 19.1. The molecule has 0 aliphatic carbocycles. The second-order valence-electron chi connectivity index (χ2n) is 6.65. The van der Waals surface area contributed by atoms with E-state index in [1.165, 1.54) is 28.3 Å². The molecule has 0 saturated carbocycles. The van der Waals surface area contributed by atoms with Crippen LogP contribution < -0.4 is 0 Å². The molecule has 1 atom stereocenters. The standard InChI is InChI=1S/C14H14.C10H14O2/c1-11-7-3-5-9-13(11)14-10-6-4-8-12(14)2;1-3-7(2)8-5-4-6-9(11)10(8)12/h3-10H,1-2H3;4-7,11-12H,3H2,1-2H3. The molecule has 136 valence electrons. The van der Waals surface area contributed by atoms with Crippen LogP contribution in [-0.4, -0.2) is 10.2 Å². The van der Waals surface area contributed by atoms with Gasteiger partial charge in [0.05, 0.1) is 0 Å². The number of aryl methyl sites for hydroxylation is 2. The summed E-state index contributed by atoms with van der Waals surface area (Å²) in [5.74, 6) is 0.275. The predicted octanol–water partition coefficient (Wildman–Crippen LogP) is 6.58. The average molecular weight is 348 g/mol. The van der Waals surface area contributed by atoms with Gasteiger partial charge in [-0.3, -0.25) is 0 Å². The maximum Gasteiger partial charge on any atom is 0.160 e. The van der Waals surface area contributed by atoms with Crippen LogP contribution in [0.15, 0.2) is 66.7 Å². The van der Waals surface area contributed by atoms with E-state index in [1.807, 2.05) is 19.9 Å². The predicted molar refractivity (Wildman–Crippen MR) is 110 cm³/mol. The Balaban J connectivity index is 0.000000190. The van der Waals surface area contributed by atoms with Crippen molar-refractivity contribution in [2.24, 2.45) is 0 Å². The van der Waals surface area contributed by atoms with E-state index in [1.54, 1.807) is 6.07 Å². The van der Waals surface area contributed by atoms with E-state index in [4.69, 9.17) is 0 Å². The zero-order valence-electron chi connectivity index (χ0n) is 16.0. The van der Waals surface area contributed by atoms with Crippen LogP contribution in [0.3, 0.4) is 0 Å². The molecule has 0 radical (unpaired) electrons. The van der Waals surface area contributed by atoms with Crippen LogP contribution in [0.1, 0.15) is 42.9 Å². The quantitative estimate of drug-likeness (QED) is 0.525. The van der Waals surface area contributed by atoms with Gasteiger partial charge in [-0.05, 0) is 54.5 Å². The number of hydrogen-bond donors (Lipinski definition) is 2. The molecule has 2 N–H and O–H groups in total. The Bertz CT molecular complexity index is 809. The molecule has 2 heteroatoms. The number of aromatic hydroxyl groups is 2. The molecule has 0 saturated heterocycles. The number of phenolic OH excluding ortho intramolecular Hbond substituents is 2. The molecule has 0 aliphatic heterocycles. The average Bonchev–Trinajstić information content (AvgIpc) is 2.65. The zero-order valence-corrected chi connectivity index (χ0v) is 16.0. The summed E-state index contributed by atoms with van der Waals surface area (Å²) in [4.78, 5) is 0. The van der Waals surface area contributed by atoms with Gasteiger partial charge in [0.15, 0.2) is 11.5 Å². The van der Waals surface area contributed by atoms with Crippen molar-refractivity contribution >= 4 is 0 Å². The minimum absolute atomic E-state index is 0.0202. The van der Waals surface area contributed by atoms with Crippen LogP contribution in [0.25, 0.3) is 11.1 Å². The van der Waals surface area contributed by atoms with Gasteiger partial charge in [0.25, 0.3) is 0 Å². The normalized spacial score (nSPS) is 11.4. The fourth-order valence-corrected chi connectivity index (χ4v) is 2.92. The molecule has 0 aliphatic rings. The first-order valence-electron chi connectivity index (χ1n) is 9.08. The minimum atomic E-state index is -0.0344. The van der Waals surface area contributed by atoms with Gasteiger partial charge in [-0.25, -0.2) is 0 Å². The summed E-state index contributed by atoms with van der Waals surface area (Å²) in [7, 11) is 0. The van der Waals surface area contributed by atoms with E-state index in [-0.39, 0.29) is 17.4 Å². The summed E-state index contributed by atoms with van der Waals surface area (Å²) in [6.07, 6.45) is 0.955. The van der Waals surface area contributed by atoms with Gasteiger partial charge in [-0.2, -0.15) is 0 Å². The molecule has 0 fully saturated rings. The third-order valence-electron chi connectivity index (χ3n) is 4.77. The molecular weight excluding hydrogens is 320 g/mol. The number of para-hydroxylation sites is 1. The molecule has 3 aromatic rings. The Morgan fingerprint density at radius 1 is 0.731 bits per heavy atom. The Hall–Kier alpha value is -2.74. The van der Waals surface area contributed by atoms with Crippen molar-refractivity contribution in [1.82, 2.24) is 0 Å². The van der Waals surface area contributed by atoms with E-state index in [0.29, 0.717) is 0 Å². The van der Waals surface area contributed by atoms with Crippen LogP contribution in [0, 0.1) is 13.8 Å².